The number of likely N-dealkylation sites (tertiary alicyclic amines) is 1. The number of carbonyl (C=O) groups excluding carboxylic acids is 3. The van der Waals surface area contributed by atoms with Crippen molar-refractivity contribution in [1.29, 1.82) is 0 Å². The van der Waals surface area contributed by atoms with Crippen LogP contribution in [-0.4, -0.2) is 51.9 Å². The van der Waals surface area contributed by atoms with Gasteiger partial charge >= 0.3 is 11.9 Å². The summed E-state index contributed by atoms with van der Waals surface area (Å²) in [6.45, 7) is 3.68. The van der Waals surface area contributed by atoms with Crippen LogP contribution >= 0.6 is 11.6 Å². The zero-order chi connectivity index (χ0) is 16.3. The van der Waals surface area contributed by atoms with E-state index in [0.29, 0.717) is 5.57 Å². The maximum absolute atomic E-state index is 11.9. The number of rotatable bonds is 5. The Balaban J connectivity index is 2.71. The van der Waals surface area contributed by atoms with E-state index in [9.17, 15) is 19.2 Å². The van der Waals surface area contributed by atoms with E-state index in [2.05, 4.69) is 10.1 Å². The first kappa shape index (κ1) is 17.0. The molecule has 1 heterocycles. The van der Waals surface area contributed by atoms with E-state index in [1.165, 1.54) is 13.8 Å². The van der Waals surface area contributed by atoms with Crippen LogP contribution in [-0.2, 0) is 23.9 Å². The molecule has 2 unspecified atom stereocenters. The smallest absolute Gasteiger partial charge is 0.352 e. The molecule has 9 heteroatoms. The van der Waals surface area contributed by atoms with E-state index in [4.69, 9.17) is 16.7 Å². The average Bonchev–Trinajstić information content (AvgIpc) is 2.38. The molecular weight excluding hydrogens is 304 g/mol. The van der Waals surface area contributed by atoms with Crippen molar-refractivity contribution in [1.82, 2.24) is 10.2 Å². The first-order valence-electron chi connectivity index (χ1n) is 5.97. The lowest BCUT2D eigenvalue weighted by Gasteiger charge is -2.43. The lowest BCUT2D eigenvalue weighted by Crippen LogP contribution is -2.69. The molecule has 0 aromatic carbocycles. The molecule has 1 saturated heterocycles. The quantitative estimate of drug-likeness (QED) is 0.239. The number of hydrogen-bond donors (Lipinski definition) is 2. The number of halogens is 1. The standard InChI is InChI=1S/C12H15ClN2O6/c1-5(2)9(12(19)20)15-10(13)8(11(15)18)14-7(17)4-21-6(3)16/h8,10H,4H2,1-3H3,(H,14,17)(H,19,20). The Morgan fingerprint density at radius 1 is 1.33 bits per heavy atom. The number of allylic oxidation sites excluding steroid dienone is 1. The molecule has 1 rings (SSSR count). The second-order valence-corrected chi connectivity index (χ2v) is 5.01. The highest BCUT2D eigenvalue weighted by molar-refractivity contribution is 6.27. The van der Waals surface area contributed by atoms with Gasteiger partial charge in [0.2, 0.25) is 0 Å². The Labute approximate surface area is 125 Å². The molecule has 2 N–H and O–H groups in total. The molecule has 0 aromatic heterocycles. The fourth-order valence-electron chi connectivity index (χ4n) is 1.76. The van der Waals surface area contributed by atoms with Crippen molar-refractivity contribution in [2.45, 2.75) is 32.3 Å². The van der Waals surface area contributed by atoms with E-state index in [-0.39, 0.29) is 5.70 Å². The van der Waals surface area contributed by atoms with Crippen LogP contribution in [0, 0.1) is 0 Å². The monoisotopic (exact) mass is 318 g/mol. The summed E-state index contributed by atoms with van der Waals surface area (Å²) < 4.78 is 4.47. The Morgan fingerprint density at radius 3 is 2.29 bits per heavy atom. The van der Waals surface area contributed by atoms with E-state index in [1.54, 1.807) is 0 Å². The van der Waals surface area contributed by atoms with Crippen LogP contribution in [0.25, 0.3) is 0 Å². The minimum absolute atomic E-state index is 0.217. The molecule has 0 saturated carbocycles. The van der Waals surface area contributed by atoms with Gasteiger partial charge in [-0.15, -0.1) is 0 Å². The summed E-state index contributed by atoms with van der Waals surface area (Å²) >= 11 is 5.95. The van der Waals surface area contributed by atoms with Crippen molar-refractivity contribution >= 4 is 35.4 Å². The maximum atomic E-state index is 11.9. The first-order valence-corrected chi connectivity index (χ1v) is 6.41. The second kappa shape index (κ2) is 6.57. The van der Waals surface area contributed by atoms with Gasteiger partial charge in [0.1, 0.15) is 17.2 Å². The van der Waals surface area contributed by atoms with Crippen LogP contribution in [0.1, 0.15) is 20.8 Å². The van der Waals surface area contributed by atoms with Gasteiger partial charge < -0.3 is 15.2 Å². The van der Waals surface area contributed by atoms with Gasteiger partial charge in [0.15, 0.2) is 6.61 Å². The largest absolute Gasteiger partial charge is 0.477 e. The zero-order valence-corrected chi connectivity index (χ0v) is 12.4. The molecular formula is C12H15ClN2O6. The molecule has 0 bridgehead atoms. The summed E-state index contributed by atoms with van der Waals surface area (Å²) in [4.78, 5) is 45.9. The van der Waals surface area contributed by atoms with Gasteiger partial charge in [0, 0.05) is 6.92 Å². The number of β-lactam (4-membered cyclic amide) rings is 1. The highest BCUT2D eigenvalue weighted by Gasteiger charge is 2.50. The molecule has 2 amide bonds. The molecule has 0 aromatic rings. The normalized spacial score (nSPS) is 20.4. The molecule has 1 aliphatic rings. The zero-order valence-electron chi connectivity index (χ0n) is 11.7. The Hall–Kier alpha value is -2.09. The van der Waals surface area contributed by atoms with Gasteiger partial charge in [-0.1, -0.05) is 11.6 Å². The fourth-order valence-corrected chi connectivity index (χ4v) is 2.12. The Kier molecular flexibility index (Phi) is 5.31. The number of alkyl halides is 1. The third kappa shape index (κ3) is 3.72. The van der Waals surface area contributed by atoms with E-state index < -0.39 is 41.9 Å². The van der Waals surface area contributed by atoms with Gasteiger partial charge in [-0.3, -0.25) is 19.3 Å². The predicted octanol–water partition coefficient (Wildman–Crippen LogP) is -0.180. The number of ether oxygens (including phenoxy) is 1. The minimum atomic E-state index is -1.28. The van der Waals surface area contributed by atoms with E-state index in [0.717, 1.165) is 11.8 Å². The summed E-state index contributed by atoms with van der Waals surface area (Å²) in [5.74, 6) is -3.24. The van der Waals surface area contributed by atoms with Crippen LogP contribution in [0.5, 0.6) is 0 Å². The third-order valence-corrected chi connectivity index (χ3v) is 3.11. The first-order chi connectivity index (χ1) is 9.66. The predicted molar refractivity (Wildman–Crippen MR) is 71.1 cm³/mol. The SMILES string of the molecule is CC(=O)OCC(=O)NC1C(=O)N(C(C(=O)O)=C(C)C)C1Cl. The highest BCUT2D eigenvalue weighted by Crippen LogP contribution is 2.30. The van der Waals surface area contributed by atoms with Crippen molar-refractivity contribution in [3.8, 4) is 0 Å². The van der Waals surface area contributed by atoms with Gasteiger partial charge in [-0.05, 0) is 19.4 Å². The number of nitrogens with one attached hydrogen (secondary N) is 1. The average molecular weight is 319 g/mol. The van der Waals surface area contributed by atoms with E-state index >= 15 is 0 Å². The van der Waals surface area contributed by atoms with Crippen molar-refractivity contribution < 1.29 is 29.0 Å². The molecule has 116 valence electrons. The lowest BCUT2D eigenvalue weighted by atomic mass is 10.0. The lowest BCUT2D eigenvalue weighted by molar-refractivity contribution is -0.153. The van der Waals surface area contributed by atoms with Gasteiger partial charge in [-0.25, -0.2) is 4.79 Å². The van der Waals surface area contributed by atoms with Gasteiger partial charge in [-0.2, -0.15) is 0 Å². The minimum Gasteiger partial charge on any atom is -0.477 e. The number of nitrogens with zero attached hydrogens (tertiary/aromatic N) is 1. The number of carbonyl (C=O) groups is 4. The molecule has 1 aliphatic heterocycles. The second-order valence-electron chi connectivity index (χ2n) is 4.56. The molecule has 21 heavy (non-hydrogen) atoms. The van der Waals surface area contributed by atoms with Crippen molar-refractivity contribution in [3.05, 3.63) is 11.3 Å². The summed E-state index contributed by atoms with van der Waals surface area (Å²) in [6, 6.07) is -1.05. The van der Waals surface area contributed by atoms with Crippen LogP contribution < -0.4 is 5.32 Å². The summed E-state index contributed by atoms with van der Waals surface area (Å²) in [7, 11) is 0. The topological polar surface area (TPSA) is 113 Å². The number of hydrogen-bond acceptors (Lipinski definition) is 5. The van der Waals surface area contributed by atoms with Crippen molar-refractivity contribution in [3.63, 3.8) is 0 Å². The maximum Gasteiger partial charge on any atom is 0.352 e. The van der Waals surface area contributed by atoms with Crippen molar-refractivity contribution in [2.24, 2.45) is 0 Å². The van der Waals surface area contributed by atoms with Crippen LogP contribution in [0.2, 0.25) is 0 Å². The third-order valence-electron chi connectivity index (χ3n) is 2.67. The summed E-state index contributed by atoms with van der Waals surface area (Å²) in [5, 5.41) is 11.4. The number of amides is 2. The highest BCUT2D eigenvalue weighted by atomic mass is 35.5. The van der Waals surface area contributed by atoms with Gasteiger partial charge in [0.05, 0.1) is 0 Å². The summed E-state index contributed by atoms with van der Waals surface area (Å²) in [6.07, 6.45) is 0. The van der Waals surface area contributed by atoms with Crippen molar-refractivity contribution in [2.75, 3.05) is 6.61 Å². The Morgan fingerprint density at radius 2 is 1.90 bits per heavy atom. The van der Waals surface area contributed by atoms with Crippen LogP contribution in [0.3, 0.4) is 0 Å². The number of esters is 1. The Bertz CT molecular complexity index is 526. The number of aliphatic carboxylic acids is 1. The fraction of sp³-hybridized carbons (Fsp3) is 0.500. The summed E-state index contributed by atoms with van der Waals surface area (Å²) in [5.41, 5.74) is -0.823. The van der Waals surface area contributed by atoms with Gasteiger partial charge in [0.25, 0.3) is 11.8 Å². The molecule has 0 spiro atoms. The molecule has 0 radical (unpaired) electrons. The van der Waals surface area contributed by atoms with Crippen LogP contribution in [0.15, 0.2) is 11.3 Å². The number of carboxylic acids is 1. The molecule has 8 nitrogen and oxygen atoms in total. The van der Waals surface area contributed by atoms with Crippen LogP contribution in [0.4, 0.5) is 0 Å². The van der Waals surface area contributed by atoms with E-state index in [1.807, 2.05) is 0 Å². The molecule has 0 aliphatic carbocycles. The molecule has 1 fully saturated rings. The molecule has 2 atom stereocenters. The number of carboxylic acid groups (broad SMARTS) is 1.